The van der Waals surface area contributed by atoms with Crippen molar-refractivity contribution in [3.8, 4) is 0 Å². The second-order valence-corrected chi connectivity index (χ2v) is 5.22. The van der Waals surface area contributed by atoms with Gasteiger partial charge in [0.15, 0.2) is 0 Å². The summed E-state index contributed by atoms with van der Waals surface area (Å²) in [5.41, 5.74) is 5.34. The van der Waals surface area contributed by atoms with Gasteiger partial charge in [-0.05, 0) is 49.9 Å². The second-order valence-electron chi connectivity index (χ2n) is 4.85. The molecule has 0 aliphatic rings. The Morgan fingerprint density at radius 1 is 0.960 bits per heavy atom. The number of halogens is 1. The molecule has 0 atom stereocenters. The highest BCUT2D eigenvalue weighted by Gasteiger charge is 1.98. The van der Waals surface area contributed by atoms with E-state index in [1.54, 1.807) is 0 Å². The van der Waals surface area contributed by atoms with E-state index >= 15 is 0 Å². The number of allylic oxidation sites excluding steroid dienone is 1. The quantitative estimate of drug-likeness (QED) is 0.425. The molecule has 1 amide bonds. The summed E-state index contributed by atoms with van der Waals surface area (Å²) in [6.07, 6.45) is 2.34. The normalized spacial score (nSPS) is 9.44. The van der Waals surface area contributed by atoms with Gasteiger partial charge in [-0.25, -0.2) is 0 Å². The molecule has 0 heterocycles. The number of amides is 1. The number of nitrogens with one attached hydrogen (secondary N) is 1. The number of nitrogens with two attached hydrogens (primary N) is 1. The monoisotopic (exact) mass is 376 g/mol. The van der Waals surface area contributed by atoms with Crippen LogP contribution in [0.15, 0.2) is 25.3 Å². The molecule has 0 saturated carbocycles. The first-order chi connectivity index (χ1) is 11.9. The molecule has 0 fully saturated rings. The van der Waals surface area contributed by atoms with Crippen molar-refractivity contribution < 1.29 is 9.59 Å². The number of hydrogen-bond donors (Lipinski definition) is 2. The summed E-state index contributed by atoms with van der Waals surface area (Å²) >= 11 is 4.71. The summed E-state index contributed by atoms with van der Waals surface area (Å²) in [4.78, 5) is 24.7. The fourth-order valence-electron chi connectivity index (χ4n) is 1.67. The molecule has 0 aliphatic heterocycles. The van der Waals surface area contributed by atoms with E-state index in [-0.39, 0.29) is 5.91 Å². The van der Waals surface area contributed by atoms with Crippen LogP contribution in [0.2, 0.25) is 0 Å². The molecule has 0 radical (unpaired) electrons. The van der Waals surface area contributed by atoms with E-state index in [9.17, 15) is 9.59 Å². The van der Waals surface area contributed by atoms with Gasteiger partial charge in [0.1, 0.15) is 0 Å². The summed E-state index contributed by atoms with van der Waals surface area (Å²) in [6.45, 7) is 22.7. The third-order valence-corrected chi connectivity index (χ3v) is 3.46. The highest BCUT2D eigenvalue weighted by molar-refractivity contribution is 6.66. The molecular weight excluding hydrogens is 340 g/mol. The van der Waals surface area contributed by atoms with E-state index in [1.807, 2.05) is 0 Å². The van der Waals surface area contributed by atoms with E-state index in [1.165, 1.54) is 6.08 Å². The highest BCUT2D eigenvalue weighted by Crippen LogP contribution is 1.84. The van der Waals surface area contributed by atoms with Crippen molar-refractivity contribution >= 4 is 22.8 Å². The Morgan fingerprint density at radius 3 is 1.60 bits per heavy atom. The van der Waals surface area contributed by atoms with Crippen LogP contribution in [0.1, 0.15) is 27.7 Å². The Labute approximate surface area is 159 Å². The molecule has 7 heteroatoms. The third kappa shape index (κ3) is 25.2. The molecule has 3 N–H and O–H groups in total. The van der Waals surface area contributed by atoms with E-state index in [0.717, 1.165) is 51.9 Å². The summed E-state index contributed by atoms with van der Waals surface area (Å²) in [7, 11) is 0. The van der Waals surface area contributed by atoms with Crippen LogP contribution >= 0.6 is 11.6 Å². The zero-order chi connectivity index (χ0) is 20.1. The molecule has 0 rings (SSSR count). The zero-order valence-corrected chi connectivity index (χ0v) is 17.1. The SMILES string of the molecule is C=CC(=O)Cl.C=CC(=O)NCCN(CC)CC.CCN(CC)CCN. The minimum Gasteiger partial charge on any atom is -0.351 e. The van der Waals surface area contributed by atoms with Crippen molar-refractivity contribution in [1.29, 1.82) is 0 Å². The summed E-state index contributed by atoms with van der Waals surface area (Å²) in [6, 6.07) is 0. The molecule has 0 bridgehead atoms. The first-order valence-electron chi connectivity index (χ1n) is 8.73. The first-order valence-corrected chi connectivity index (χ1v) is 9.11. The number of likely N-dealkylation sites (N-methyl/N-ethyl adjacent to an activating group) is 2. The maximum Gasteiger partial charge on any atom is 0.244 e. The lowest BCUT2D eigenvalue weighted by molar-refractivity contribution is -0.116. The molecule has 0 saturated heterocycles. The van der Waals surface area contributed by atoms with Crippen molar-refractivity contribution in [1.82, 2.24) is 15.1 Å². The molecule has 0 aromatic rings. The van der Waals surface area contributed by atoms with E-state index in [2.05, 4.69) is 56.0 Å². The number of hydrogen-bond acceptors (Lipinski definition) is 5. The Hall–Kier alpha value is -1.21. The topological polar surface area (TPSA) is 78.7 Å². The minimum absolute atomic E-state index is 0.0952. The van der Waals surface area contributed by atoms with Crippen LogP contribution in [-0.2, 0) is 9.59 Å². The van der Waals surface area contributed by atoms with Gasteiger partial charge in [0.25, 0.3) is 0 Å². The molecule has 25 heavy (non-hydrogen) atoms. The number of carbonyl (C=O) groups is 2. The van der Waals surface area contributed by atoms with Crippen LogP contribution in [0, 0.1) is 0 Å². The highest BCUT2D eigenvalue weighted by atomic mass is 35.5. The number of carbonyl (C=O) groups excluding carboxylic acids is 2. The van der Waals surface area contributed by atoms with Crippen LogP contribution in [0.5, 0.6) is 0 Å². The van der Waals surface area contributed by atoms with Crippen molar-refractivity contribution in [3.05, 3.63) is 25.3 Å². The van der Waals surface area contributed by atoms with Crippen molar-refractivity contribution in [2.24, 2.45) is 5.73 Å². The average molecular weight is 377 g/mol. The molecule has 0 spiro atoms. The standard InChI is InChI=1S/C9H18N2O.C6H16N2.C3H3ClO/c1-4-9(12)10-7-8-11(5-2)6-3;1-3-8(4-2)6-5-7;1-2-3(4)5/h4H,1,5-8H2,2-3H3,(H,10,12);3-7H2,1-2H3;2H,1H2. The third-order valence-electron chi connectivity index (χ3n) is 3.31. The van der Waals surface area contributed by atoms with Crippen LogP contribution in [0.3, 0.4) is 0 Å². The van der Waals surface area contributed by atoms with E-state index < -0.39 is 5.24 Å². The molecule has 148 valence electrons. The average Bonchev–Trinajstić information content (AvgIpc) is 2.63. The predicted molar refractivity (Wildman–Crippen MR) is 109 cm³/mol. The van der Waals surface area contributed by atoms with Crippen LogP contribution in [0.4, 0.5) is 0 Å². The van der Waals surface area contributed by atoms with Crippen LogP contribution < -0.4 is 11.1 Å². The number of nitrogens with zero attached hydrogens (tertiary/aromatic N) is 2. The van der Waals surface area contributed by atoms with Crippen LogP contribution in [0.25, 0.3) is 0 Å². The fourth-order valence-corrected chi connectivity index (χ4v) is 1.67. The smallest absolute Gasteiger partial charge is 0.244 e. The van der Waals surface area contributed by atoms with Gasteiger partial charge in [-0.3, -0.25) is 9.59 Å². The number of rotatable bonds is 11. The summed E-state index contributed by atoms with van der Waals surface area (Å²) < 4.78 is 0. The van der Waals surface area contributed by atoms with Gasteiger partial charge in [-0.1, -0.05) is 40.9 Å². The lowest BCUT2D eigenvalue weighted by Crippen LogP contribution is -2.33. The van der Waals surface area contributed by atoms with E-state index in [0.29, 0.717) is 6.54 Å². The maximum absolute atomic E-state index is 10.7. The predicted octanol–water partition coefficient (Wildman–Crippen LogP) is 1.86. The van der Waals surface area contributed by atoms with Crippen LogP contribution in [-0.4, -0.2) is 73.3 Å². The van der Waals surface area contributed by atoms with Crippen molar-refractivity contribution in [3.63, 3.8) is 0 Å². The largest absolute Gasteiger partial charge is 0.351 e. The maximum atomic E-state index is 10.7. The molecular formula is C18H37ClN4O2. The van der Waals surface area contributed by atoms with Gasteiger partial charge in [0.2, 0.25) is 11.1 Å². The second kappa shape index (κ2) is 22.8. The van der Waals surface area contributed by atoms with Gasteiger partial charge < -0.3 is 20.9 Å². The fraction of sp³-hybridized carbons (Fsp3) is 0.667. The zero-order valence-electron chi connectivity index (χ0n) is 16.4. The summed E-state index contributed by atoms with van der Waals surface area (Å²) in [5.74, 6) is -0.0952. The van der Waals surface area contributed by atoms with Gasteiger partial charge in [0.05, 0.1) is 0 Å². The Balaban J connectivity index is -0.000000321. The minimum atomic E-state index is -0.509. The van der Waals surface area contributed by atoms with Gasteiger partial charge in [0, 0.05) is 26.2 Å². The molecule has 0 unspecified atom stereocenters. The lowest BCUT2D eigenvalue weighted by Gasteiger charge is -2.17. The Bertz CT molecular complexity index is 344. The molecule has 6 nitrogen and oxygen atoms in total. The molecule has 0 aromatic carbocycles. The van der Waals surface area contributed by atoms with Crippen molar-refractivity contribution in [2.75, 3.05) is 52.4 Å². The Kier molecular flexibility index (Phi) is 26.1. The van der Waals surface area contributed by atoms with Crippen molar-refractivity contribution in [2.45, 2.75) is 27.7 Å². The first kappa shape index (κ1) is 28.6. The van der Waals surface area contributed by atoms with E-state index in [4.69, 9.17) is 17.3 Å². The van der Waals surface area contributed by atoms with Gasteiger partial charge >= 0.3 is 0 Å². The lowest BCUT2D eigenvalue weighted by atomic mass is 10.4. The Morgan fingerprint density at radius 2 is 1.36 bits per heavy atom. The molecule has 0 aliphatic carbocycles. The summed E-state index contributed by atoms with van der Waals surface area (Å²) in [5, 5.41) is 2.22. The molecule has 0 aromatic heterocycles. The van der Waals surface area contributed by atoms with Gasteiger partial charge in [-0.15, -0.1) is 0 Å². The van der Waals surface area contributed by atoms with Gasteiger partial charge in [-0.2, -0.15) is 0 Å².